The maximum atomic E-state index is 13.4. The Labute approximate surface area is 308 Å². The van der Waals surface area contributed by atoms with E-state index >= 15 is 0 Å². The number of amides is 3. The summed E-state index contributed by atoms with van der Waals surface area (Å²) in [4.78, 5) is 52.0. The number of benzene rings is 2. The number of rotatable bonds is 14. The number of aryl methyl sites for hydroxylation is 2. The van der Waals surface area contributed by atoms with Crippen LogP contribution in [-0.2, 0) is 29.4 Å². The number of fused-ring (bicyclic) bond motifs is 1. The van der Waals surface area contributed by atoms with Gasteiger partial charge < -0.3 is 19.9 Å². The van der Waals surface area contributed by atoms with Gasteiger partial charge in [0, 0.05) is 55.3 Å². The molecule has 52 heavy (non-hydrogen) atoms. The van der Waals surface area contributed by atoms with Crippen molar-refractivity contribution in [2.45, 2.75) is 33.1 Å². The van der Waals surface area contributed by atoms with E-state index in [1.807, 2.05) is 60.7 Å². The predicted molar refractivity (Wildman–Crippen MR) is 208 cm³/mol. The van der Waals surface area contributed by atoms with Crippen LogP contribution in [0.25, 0.3) is 23.1 Å². The van der Waals surface area contributed by atoms with Crippen LogP contribution >= 0.6 is 11.3 Å². The molecule has 0 radical (unpaired) electrons. The molecule has 5 aromatic rings. The number of hydrogen-bond acceptors (Lipinski definition) is 8. The first-order chi connectivity index (χ1) is 25.2. The third-order valence-electron chi connectivity index (χ3n) is 8.86. The van der Waals surface area contributed by atoms with Crippen molar-refractivity contribution in [3.8, 4) is 0 Å². The molecule has 3 N–H and O–H groups in total. The van der Waals surface area contributed by atoms with E-state index in [1.54, 1.807) is 36.0 Å². The molecular weight excluding hydrogens is 675 g/mol. The van der Waals surface area contributed by atoms with E-state index in [2.05, 4.69) is 44.7 Å². The van der Waals surface area contributed by atoms with Crippen LogP contribution in [0.4, 0.5) is 10.8 Å². The van der Waals surface area contributed by atoms with Gasteiger partial charge in [0.2, 0.25) is 5.91 Å². The van der Waals surface area contributed by atoms with Crippen molar-refractivity contribution < 1.29 is 19.1 Å². The number of aromatic nitrogens is 3. The first-order valence-electron chi connectivity index (χ1n) is 17.7. The lowest BCUT2D eigenvalue weighted by Gasteiger charge is -2.26. The Hall–Kier alpha value is -5.17. The Kier molecular flexibility index (Phi) is 12.2. The van der Waals surface area contributed by atoms with Crippen molar-refractivity contribution in [3.05, 3.63) is 106 Å². The summed E-state index contributed by atoms with van der Waals surface area (Å²) < 4.78 is 7.06. The van der Waals surface area contributed by atoms with Crippen molar-refractivity contribution in [2.24, 2.45) is 13.0 Å². The highest BCUT2D eigenvalue weighted by Gasteiger charge is 2.20. The second kappa shape index (κ2) is 17.4. The van der Waals surface area contributed by atoms with E-state index in [4.69, 9.17) is 4.74 Å². The molecule has 0 bridgehead atoms. The second-order valence-corrected chi connectivity index (χ2v) is 14.4. The number of ether oxygens (including phenoxy) is 1. The second-order valence-electron chi connectivity index (χ2n) is 13.3. The van der Waals surface area contributed by atoms with Gasteiger partial charge in [-0.15, -0.1) is 11.3 Å². The zero-order valence-corrected chi connectivity index (χ0v) is 30.7. The van der Waals surface area contributed by atoms with Crippen LogP contribution < -0.4 is 16.0 Å². The molecule has 0 spiro atoms. The standard InChI is InChI=1S/C40H45N7O4S/c1-27(2)8-17-36-34(25-37(48)41-18-19-47-20-22-51-23-21-47)44-40(52-36)45-39(50)35-24-32(26-46(35)3)43-38(49)30-12-9-28(10-13-30)11-15-31-16-14-29-6-4-5-7-33(29)42-31/h4-7,9-16,24,26-27H,8,17-23,25H2,1-3H3,(H,41,48)(H,43,49)(H,44,45,50)/b15-11+. The Morgan fingerprint density at radius 3 is 2.52 bits per heavy atom. The predicted octanol–water partition coefficient (Wildman–Crippen LogP) is 6.28. The molecule has 1 fully saturated rings. The van der Waals surface area contributed by atoms with E-state index in [-0.39, 0.29) is 24.1 Å². The first kappa shape index (κ1) is 36.6. The van der Waals surface area contributed by atoms with Gasteiger partial charge in [0.1, 0.15) is 5.69 Å². The molecular formula is C40H45N7O4S. The molecule has 2 aromatic carbocycles. The van der Waals surface area contributed by atoms with Gasteiger partial charge in [-0.2, -0.15) is 0 Å². The quantitative estimate of drug-likeness (QED) is 0.123. The molecule has 0 saturated carbocycles. The third-order valence-corrected chi connectivity index (χ3v) is 9.94. The molecule has 0 aliphatic carbocycles. The number of para-hydroxylation sites is 1. The minimum Gasteiger partial charge on any atom is -0.379 e. The minimum atomic E-state index is -0.356. The van der Waals surface area contributed by atoms with Crippen molar-refractivity contribution in [3.63, 3.8) is 0 Å². The van der Waals surface area contributed by atoms with Crippen LogP contribution in [0.3, 0.4) is 0 Å². The van der Waals surface area contributed by atoms with Gasteiger partial charge in [-0.3, -0.25) is 24.6 Å². The van der Waals surface area contributed by atoms with E-state index in [9.17, 15) is 14.4 Å². The summed E-state index contributed by atoms with van der Waals surface area (Å²) >= 11 is 1.40. The van der Waals surface area contributed by atoms with Crippen LogP contribution in [-0.4, -0.2) is 76.5 Å². The van der Waals surface area contributed by atoms with Gasteiger partial charge in [0.15, 0.2) is 5.13 Å². The lowest BCUT2D eigenvalue weighted by Crippen LogP contribution is -2.41. The molecule has 1 aliphatic heterocycles. The summed E-state index contributed by atoms with van der Waals surface area (Å²) in [6.45, 7) is 8.85. The van der Waals surface area contributed by atoms with E-state index < -0.39 is 0 Å². The van der Waals surface area contributed by atoms with Crippen LogP contribution in [0.15, 0.2) is 72.9 Å². The van der Waals surface area contributed by atoms with Gasteiger partial charge in [-0.05, 0) is 60.7 Å². The summed E-state index contributed by atoms with van der Waals surface area (Å²) in [5.41, 5.74) is 4.77. The van der Waals surface area contributed by atoms with Crippen LogP contribution in [0, 0.1) is 5.92 Å². The fourth-order valence-corrected chi connectivity index (χ4v) is 6.90. The number of nitrogens with zero attached hydrogens (tertiary/aromatic N) is 4. The highest BCUT2D eigenvalue weighted by molar-refractivity contribution is 7.15. The van der Waals surface area contributed by atoms with Gasteiger partial charge in [0.05, 0.1) is 42.2 Å². The molecule has 3 amide bonds. The number of hydrogen-bond donors (Lipinski definition) is 3. The Morgan fingerprint density at radius 2 is 1.73 bits per heavy atom. The molecule has 0 atom stereocenters. The smallest absolute Gasteiger partial charge is 0.274 e. The van der Waals surface area contributed by atoms with Gasteiger partial charge >= 0.3 is 0 Å². The topological polar surface area (TPSA) is 130 Å². The summed E-state index contributed by atoms with van der Waals surface area (Å²) in [7, 11) is 1.75. The van der Waals surface area contributed by atoms with Gasteiger partial charge in [0.25, 0.3) is 11.8 Å². The molecule has 0 unspecified atom stereocenters. The monoisotopic (exact) mass is 719 g/mol. The molecule has 4 heterocycles. The van der Waals surface area contributed by atoms with Crippen LogP contribution in [0.2, 0.25) is 0 Å². The van der Waals surface area contributed by atoms with Crippen LogP contribution in [0.5, 0.6) is 0 Å². The number of morpholine rings is 1. The number of carbonyl (C=O) groups is 3. The van der Waals surface area contributed by atoms with Crippen molar-refractivity contribution in [1.29, 1.82) is 0 Å². The van der Waals surface area contributed by atoms with Gasteiger partial charge in [-0.25, -0.2) is 9.97 Å². The third kappa shape index (κ3) is 9.99. The minimum absolute atomic E-state index is 0.0885. The number of pyridine rings is 1. The normalized spacial score (nSPS) is 13.5. The molecule has 270 valence electrons. The van der Waals surface area contributed by atoms with Crippen LogP contribution in [0.1, 0.15) is 62.9 Å². The largest absolute Gasteiger partial charge is 0.379 e. The Morgan fingerprint density at radius 1 is 0.942 bits per heavy atom. The fraction of sp³-hybridized carbons (Fsp3) is 0.325. The molecule has 6 rings (SSSR count). The fourth-order valence-electron chi connectivity index (χ4n) is 5.91. The number of thiazole rings is 1. The number of nitrogens with one attached hydrogen (secondary N) is 3. The van der Waals surface area contributed by atoms with Crippen molar-refractivity contribution in [2.75, 3.05) is 50.0 Å². The summed E-state index contributed by atoms with van der Waals surface area (Å²) in [6.07, 6.45) is 7.49. The lowest BCUT2D eigenvalue weighted by molar-refractivity contribution is -0.120. The molecule has 12 heteroatoms. The maximum Gasteiger partial charge on any atom is 0.274 e. The highest BCUT2D eigenvalue weighted by atomic mass is 32.1. The SMILES string of the molecule is CC(C)CCc1sc(NC(=O)c2cc(NC(=O)c3ccc(/C=C/c4ccc5ccccc5n4)cc3)cn2C)nc1CC(=O)NCCN1CCOCC1. The van der Waals surface area contributed by atoms with Gasteiger partial charge in [-0.1, -0.05) is 56.3 Å². The maximum absolute atomic E-state index is 13.4. The average Bonchev–Trinajstić information content (AvgIpc) is 3.71. The highest BCUT2D eigenvalue weighted by Crippen LogP contribution is 2.27. The Balaban J connectivity index is 1.04. The number of anilines is 2. The molecule has 1 aliphatic rings. The molecule has 1 saturated heterocycles. The summed E-state index contributed by atoms with van der Waals surface area (Å²) in [5.74, 6) is -0.243. The van der Waals surface area contributed by atoms with Crippen molar-refractivity contribution in [1.82, 2.24) is 24.8 Å². The summed E-state index contributed by atoms with van der Waals surface area (Å²) in [6, 6.07) is 20.9. The molecule has 11 nitrogen and oxygen atoms in total. The van der Waals surface area contributed by atoms with Crippen molar-refractivity contribution >= 4 is 62.9 Å². The van der Waals surface area contributed by atoms with E-state index in [0.717, 1.165) is 72.7 Å². The zero-order valence-electron chi connectivity index (χ0n) is 29.9. The van der Waals surface area contributed by atoms with E-state index in [1.165, 1.54) is 11.3 Å². The first-order valence-corrected chi connectivity index (χ1v) is 18.5. The zero-order chi connectivity index (χ0) is 36.5. The number of carbonyl (C=O) groups excluding carboxylic acids is 3. The summed E-state index contributed by atoms with van der Waals surface area (Å²) in [5, 5.41) is 10.4. The Bertz CT molecular complexity index is 2040. The van der Waals surface area contributed by atoms with E-state index in [0.29, 0.717) is 40.2 Å². The molecule has 3 aromatic heterocycles. The average molecular weight is 720 g/mol. The lowest BCUT2D eigenvalue weighted by atomic mass is 10.1.